The summed E-state index contributed by atoms with van der Waals surface area (Å²) in [7, 11) is 0. The smallest absolute Gasteiger partial charge is 0.224 e. The van der Waals surface area contributed by atoms with E-state index in [2.05, 4.69) is 30.5 Å². The molecule has 2 N–H and O–H groups in total. The van der Waals surface area contributed by atoms with Crippen LogP contribution in [0.25, 0.3) is 0 Å². The predicted molar refractivity (Wildman–Crippen MR) is 86.3 cm³/mol. The molecule has 0 spiro atoms. The third-order valence-electron chi connectivity index (χ3n) is 3.29. The molecule has 0 fully saturated rings. The Kier molecular flexibility index (Phi) is 7.51. The highest BCUT2D eigenvalue weighted by Gasteiger charge is 2.04. The topological polar surface area (TPSA) is 58.2 Å². The standard InChI is InChI=1S/C17H26N2O2/c1-13(2)15-8-7-9-16(12-15)19-17(21)10-5-4-6-11-18-14(3)20/h7-9,12-13H,4-6,10-11H2,1-3H3,(H,18,20)(H,19,21). The van der Waals surface area contributed by atoms with Crippen LogP contribution in [-0.4, -0.2) is 18.4 Å². The van der Waals surface area contributed by atoms with Gasteiger partial charge in [0.15, 0.2) is 0 Å². The lowest BCUT2D eigenvalue weighted by molar-refractivity contribution is -0.119. The second kappa shape index (κ2) is 9.16. The Morgan fingerprint density at radius 2 is 1.90 bits per heavy atom. The average molecular weight is 290 g/mol. The molecule has 21 heavy (non-hydrogen) atoms. The van der Waals surface area contributed by atoms with Gasteiger partial charge >= 0.3 is 0 Å². The first-order chi connectivity index (χ1) is 9.99. The van der Waals surface area contributed by atoms with Crippen LogP contribution >= 0.6 is 0 Å². The van der Waals surface area contributed by atoms with Crippen LogP contribution in [0.15, 0.2) is 24.3 Å². The van der Waals surface area contributed by atoms with Crippen molar-refractivity contribution in [2.24, 2.45) is 0 Å². The molecule has 1 aromatic carbocycles. The second-order valence-electron chi connectivity index (χ2n) is 5.62. The predicted octanol–water partition coefficient (Wildman–Crippen LogP) is 3.45. The van der Waals surface area contributed by atoms with Crippen molar-refractivity contribution in [2.75, 3.05) is 11.9 Å². The van der Waals surface area contributed by atoms with Crippen LogP contribution in [0.5, 0.6) is 0 Å². The van der Waals surface area contributed by atoms with Gasteiger partial charge < -0.3 is 10.6 Å². The summed E-state index contributed by atoms with van der Waals surface area (Å²) in [6.45, 7) is 6.47. The van der Waals surface area contributed by atoms with E-state index in [0.717, 1.165) is 24.9 Å². The number of nitrogens with one attached hydrogen (secondary N) is 2. The fourth-order valence-electron chi connectivity index (χ4n) is 2.05. The van der Waals surface area contributed by atoms with E-state index >= 15 is 0 Å². The van der Waals surface area contributed by atoms with Gasteiger partial charge in [0.05, 0.1) is 0 Å². The number of unbranched alkanes of at least 4 members (excludes halogenated alkanes) is 2. The minimum atomic E-state index is -0.00206. The summed E-state index contributed by atoms with van der Waals surface area (Å²) in [5, 5.41) is 5.69. The van der Waals surface area contributed by atoms with Crippen molar-refractivity contribution in [2.45, 2.75) is 52.4 Å². The van der Waals surface area contributed by atoms with Gasteiger partial charge in [0.25, 0.3) is 0 Å². The Morgan fingerprint density at radius 1 is 1.14 bits per heavy atom. The van der Waals surface area contributed by atoms with Gasteiger partial charge in [0.2, 0.25) is 11.8 Å². The maximum Gasteiger partial charge on any atom is 0.224 e. The van der Waals surface area contributed by atoms with E-state index in [1.54, 1.807) is 0 Å². The van der Waals surface area contributed by atoms with Crippen LogP contribution in [0.2, 0.25) is 0 Å². The molecule has 4 nitrogen and oxygen atoms in total. The molecule has 0 heterocycles. The molecule has 0 saturated carbocycles. The van der Waals surface area contributed by atoms with Gasteiger partial charge in [0, 0.05) is 25.6 Å². The number of anilines is 1. The third-order valence-corrected chi connectivity index (χ3v) is 3.29. The fraction of sp³-hybridized carbons (Fsp3) is 0.529. The lowest BCUT2D eigenvalue weighted by Gasteiger charge is -2.09. The van der Waals surface area contributed by atoms with E-state index in [0.29, 0.717) is 18.9 Å². The molecule has 0 aromatic heterocycles. The Balaban J connectivity index is 2.24. The molecule has 1 rings (SSSR count). The summed E-state index contributed by atoms with van der Waals surface area (Å²) >= 11 is 0. The number of carbonyl (C=O) groups is 2. The number of rotatable bonds is 8. The molecular weight excluding hydrogens is 264 g/mol. The zero-order chi connectivity index (χ0) is 15.7. The molecule has 0 aliphatic carbocycles. The van der Waals surface area contributed by atoms with Crippen molar-refractivity contribution in [3.8, 4) is 0 Å². The number of hydrogen-bond acceptors (Lipinski definition) is 2. The molecule has 0 saturated heterocycles. The van der Waals surface area contributed by atoms with Crippen LogP contribution in [0.1, 0.15) is 57.9 Å². The maximum atomic E-state index is 11.9. The second-order valence-corrected chi connectivity index (χ2v) is 5.62. The van der Waals surface area contributed by atoms with E-state index < -0.39 is 0 Å². The first kappa shape index (κ1) is 17.2. The molecule has 4 heteroatoms. The molecule has 0 bridgehead atoms. The highest BCUT2D eigenvalue weighted by Crippen LogP contribution is 2.18. The Hall–Kier alpha value is -1.84. The van der Waals surface area contributed by atoms with E-state index in [4.69, 9.17) is 0 Å². The minimum absolute atomic E-state index is 0.00206. The van der Waals surface area contributed by atoms with Crippen LogP contribution in [0.3, 0.4) is 0 Å². The van der Waals surface area contributed by atoms with Crippen molar-refractivity contribution in [3.05, 3.63) is 29.8 Å². The summed E-state index contributed by atoms with van der Waals surface area (Å²) in [4.78, 5) is 22.5. The number of hydrogen-bond donors (Lipinski definition) is 2. The monoisotopic (exact) mass is 290 g/mol. The van der Waals surface area contributed by atoms with E-state index in [-0.39, 0.29) is 11.8 Å². The van der Waals surface area contributed by atoms with Crippen LogP contribution in [0, 0.1) is 0 Å². The zero-order valence-electron chi connectivity index (χ0n) is 13.2. The van der Waals surface area contributed by atoms with Crippen LogP contribution < -0.4 is 10.6 Å². The summed E-state index contributed by atoms with van der Waals surface area (Å²) in [6, 6.07) is 7.99. The molecule has 0 unspecified atom stereocenters. The molecule has 0 aliphatic rings. The quantitative estimate of drug-likeness (QED) is 0.720. The molecular formula is C17H26N2O2. The molecule has 0 radical (unpaired) electrons. The van der Waals surface area contributed by atoms with Crippen molar-refractivity contribution >= 4 is 17.5 Å². The number of amides is 2. The summed E-state index contributed by atoms with van der Waals surface area (Å²) in [5.41, 5.74) is 2.09. The molecule has 0 atom stereocenters. The lowest BCUT2D eigenvalue weighted by Crippen LogP contribution is -2.20. The van der Waals surface area contributed by atoms with E-state index in [1.165, 1.54) is 12.5 Å². The van der Waals surface area contributed by atoms with E-state index in [1.807, 2.05) is 18.2 Å². The SMILES string of the molecule is CC(=O)NCCCCCC(=O)Nc1cccc(C(C)C)c1. The number of carbonyl (C=O) groups excluding carboxylic acids is 2. The highest BCUT2D eigenvalue weighted by molar-refractivity contribution is 5.90. The highest BCUT2D eigenvalue weighted by atomic mass is 16.2. The summed E-state index contributed by atoms with van der Waals surface area (Å²) in [6.07, 6.45) is 3.22. The van der Waals surface area contributed by atoms with E-state index in [9.17, 15) is 9.59 Å². The lowest BCUT2D eigenvalue weighted by atomic mass is 10.0. The van der Waals surface area contributed by atoms with Crippen molar-refractivity contribution in [1.29, 1.82) is 0 Å². The Labute approximate surface area is 127 Å². The van der Waals surface area contributed by atoms with Gasteiger partial charge in [-0.3, -0.25) is 9.59 Å². The molecule has 0 aliphatic heterocycles. The Morgan fingerprint density at radius 3 is 2.57 bits per heavy atom. The largest absolute Gasteiger partial charge is 0.356 e. The van der Waals surface area contributed by atoms with Crippen LogP contribution in [0.4, 0.5) is 5.69 Å². The summed E-state index contributed by atoms with van der Waals surface area (Å²) in [5.74, 6) is 0.504. The first-order valence-electron chi connectivity index (χ1n) is 7.63. The number of benzene rings is 1. The van der Waals surface area contributed by atoms with Gasteiger partial charge in [0.1, 0.15) is 0 Å². The minimum Gasteiger partial charge on any atom is -0.356 e. The van der Waals surface area contributed by atoms with Gasteiger partial charge in [-0.2, -0.15) is 0 Å². The van der Waals surface area contributed by atoms with Crippen molar-refractivity contribution in [3.63, 3.8) is 0 Å². The Bertz CT molecular complexity index is 470. The van der Waals surface area contributed by atoms with Gasteiger partial charge in [-0.05, 0) is 36.5 Å². The molecule has 2 amide bonds. The summed E-state index contributed by atoms with van der Waals surface area (Å²) < 4.78 is 0. The average Bonchev–Trinajstić information content (AvgIpc) is 2.42. The van der Waals surface area contributed by atoms with Gasteiger partial charge in [-0.25, -0.2) is 0 Å². The van der Waals surface area contributed by atoms with Crippen molar-refractivity contribution in [1.82, 2.24) is 5.32 Å². The fourth-order valence-corrected chi connectivity index (χ4v) is 2.05. The van der Waals surface area contributed by atoms with Gasteiger partial charge in [-0.15, -0.1) is 0 Å². The maximum absolute atomic E-state index is 11.9. The van der Waals surface area contributed by atoms with Crippen LogP contribution in [-0.2, 0) is 9.59 Å². The van der Waals surface area contributed by atoms with Gasteiger partial charge in [-0.1, -0.05) is 32.4 Å². The zero-order valence-corrected chi connectivity index (χ0v) is 13.2. The normalized spacial score (nSPS) is 10.5. The first-order valence-corrected chi connectivity index (χ1v) is 7.63. The molecule has 1 aromatic rings. The van der Waals surface area contributed by atoms with Crippen molar-refractivity contribution < 1.29 is 9.59 Å². The molecule has 116 valence electrons. The third kappa shape index (κ3) is 7.49.